The largest absolute Gasteiger partial charge is 0.312 e. The number of unbranched alkanes of at least 4 members (excludes halogenated alkanes) is 1. The van der Waals surface area contributed by atoms with E-state index in [1.54, 1.807) is 0 Å². The molecule has 3 nitrogen and oxygen atoms in total. The first kappa shape index (κ1) is 15.6. The summed E-state index contributed by atoms with van der Waals surface area (Å²) < 4.78 is 0. The summed E-state index contributed by atoms with van der Waals surface area (Å²) in [5.41, 5.74) is 1.31. The highest BCUT2D eigenvalue weighted by Gasteiger charge is 2.10. The SMILES string of the molecule is CCCCNCc1sc(CN(C)C)nc1CCC. The van der Waals surface area contributed by atoms with Gasteiger partial charge in [-0.25, -0.2) is 4.98 Å². The van der Waals surface area contributed by atoms with Gasteiger partial charge in [0.15, 0.2) is 0 Å². The molecule has 1 aromatic heterocycles. The van der Waals surface area contributed by atoms with Crippen LogP contribution in [0, 0.1) is 0 Å². The third-order valence-electron chi connectivity index (χ3n) is 2.75. The Morgan fingerprint density at radius 3 is 2.61 bits per heavy atom. The Morgan fingerprint density at radius 2 is 2.00 bits per heavy atom. The van der Waals surface area contributed by atoms with Crippen molar-refractivity contribution in [3.05, 3.63) is 15.6 Å². The monoisotopic (exact) mass is 269 g/mol. The van der Waals surface area contributed by atoms with Crippen molar-refractivity contribution in [2.24, 2.45) is 0 Å². The van der Waals surface area contributed by atoms with Crippen LogP contribution in [-0.4, -0.2) is 30.5 Å². The van der Waals surface area contributed by atoms with Crippen LogP contribution in [0.3, 0.4) is 0 Å². The smallest absolute Gasteiger partial charge is 0.107 e. The molecule has 0 unspecified atom stereocenters. The van der Waals surface area contributed by atoms with Crippen LogP contribution < -0.4 is 5.32 Å². The number of rotatable bonds is 9. The van der Waals surface area contributed by atoms with Crippen LogP contribution in [0.5, 0.6) is 0 Å². The highest BCUT2D eigenvalue weighted by Crippen LogP contribution is 2.21. The minimum atomic E-state index is 0.955. The summed E-state index contributed by atoms with van der Waals surface area (Å²) >= 11 is 1.87. The van der Waals surface area contributed by atoms with Gasteiger partial charge < -0.3 is 10.2 Å². The van der Waals surface area contributed by atoms with E-state index in [9.17, 15) is 0 Å². The van der Waals surface area contributed by atoms with Gasteiger partial charge in [0.2, 0.25) is 0 Å². The van der Waals surface area contributed by atoms with Gasteiger partial charge in [0, 0.05) is 18.0 Å². The molecule has 0 spiro atoms. The van der Waals surface area contributed by atoms with Crippen LogP contribution in [0.2, 0.25) is 0 Å². The van der Waals surface area contributed by atoms with Gasteiger partial charge in [-0.1, -0.05) is 26.7 Å². The first-order valence-electron chi connectivity index (χ1n) is 7.00. The van der Waals surface area contributed by atoms with Crippen molar-refractivity contribution >= 4 is 11.3 Å². The zero-order chi connectivity index (χ0) is 13.4. The molecular weight excluding hydrogens is 242 g/mol. The zero-order valence-electron chi connectivity index (χ0n) is 12.3. The molecule has 0 saturated carbocycles. The third-order valence-corrected chi connectivity index (χ3v) is 3.84. The minimum absolute atomic E-state index is 0.955. The van der Waals surface area contributed by atoms with Gasteiger partial charge in [-0.2, -0.15) is 0 Å². The lowest BCUT2D eigenvalue weighted by Gasteiger charge is -2.05. The second-order valence-corrected chi connectivity index (χ2v) is 6.16. The van der Waals surface area contributed by atoms with Crippen molar-refractivity contribution < 1.29 is 0 Å². The van der Waals surface area contributed by atoms with E-state index >= 15 is 0 Å². The summed E-state index contributed by atoms with van der Waals surface area (Å²) in [6, 6.07) is 0. The van der Waals surface area contributed by atoms with Crippen molar-refractivity contribution in [1.82, 2.24) is 15.2 Å². The van der Waals surface area contributed by atoms with Gasteiger partial charge in [-0.05, 0) is 33.5 Å². The average molecular weight is 269 g/mol. The maximum atomic E-state index is 4.78. The van der Waals surface area contributed by atoms with Crippen LogP contribution in [-0.2, 0) is 19.5 Å². The lowest BCUT2D eigenvalue weighted by atomic mass is 10.2. The predicted molar refractivity (Wildman–Crippen MR) is 80.1 cm³/mol. The molecule has 1 N–H and O–H groups in total. The number of nitrogens with one attached hydrogen (secondary N) is 1. The van der Waals surface area contributed by atoms with Crippen molar-refractivity contribution in [3.8, 4) is 0 Å². The zero-order valence-corrected chi connectivity index (χ0v) is 13.1. The van der Waals surface area contributed by atoms with E-state index in [-0.39, 0.29) is 0 Å². The number of nitrogens with zero attached hydrogens (tertiary/aromatic N) is 2. The maximum Gasteiger partial charge on any atom is 0.107 e. The minimum Gasteiger partial charge on any atom is -0.312 e. The van der Waals surface area contributed by atoms with Crippen LogP contribution in [0.25, 0.3) is 0 Å². The van der Waals surface area contributed by atoms with Crippen LogP contribution in [0.1, 0.15) is 48.7 Å². The quantitative estimate of drug-likeness (QED) is 0.698. The van der Waals surface area contributed by atoms with Crippen molar-refractivity contribution in [1.29, 1.82) is 0 Å². The highest BCUT2D eigenvalue weighted by molar-refractivity contribution is 7.11. The Balaban J connectivity index is 2.59. The van der Waals surface area contributed by atoms with Gasteiger partial charge in [0.25, 0.3) is 0 Å². The van der Waals surface area contributed by atoms with Crippen molar-refractivity contribution in [2.75, 3.05) is 20.6 Å². The fraction of sp³-hybridized carbons (Fsp3) is 0.786. The molecule has 1 rings (SSSR count). The number of aromatic nitrogens is 1. The Kier molecular flexibility index (Phi) is 7.47. The molecule has 0 aromatic carbocycles. The molecule has 104 valence electrons. The molecule has 1 heterocycles. The molecule has 1 aromatic rings. The molecule has 0 aliphatic heterocycles. The number of thiazole rings is 1. The Bertz CT molecular complexity index is 334. The number of aryl methyl sites for hydroxylation is 1. The summed E-state index contributed by atoms with van der Waals surface area (Å²) in [6.07, 6.45) is 4.79. The topological polar surface area (TPSA) is 28.2 Å². The number of hydrogen-bond acceptors (Lipinski definition) is 4. The molecule has 0 amide bonds. The van der Waals surface area contributed by atoms with Crippen molar-refractivity contribution in [2.45, 2.75) is 52.6 Å². The van der Waals surface area contributed by atoms with Gasteiger partial charge in [-0.3, -0.25) is 0 Å². The Hall–Kier alpha value is -0.450. The van der Waals surface area contributed by atoms with Gasteiger partial charge in [0.05, 0.1) is 5.69 Å². The molecule has 0 radical (unpaired) electrons. The lowest BCUT2D eigenvalue weighted by Crippen LogP contribution is -2.14. The summed E-state index contributed by atoms with van der Waals surface area (Å²) in [5, 5.41) is 4.77. The van der Waals surface area contributed by atoms with Crippen LogP contribution >= 0.6 is 11.3 Å². The van der Waals surface area contributed by atoms with Crippen molar-refractivity contribution in [3.63, 3.8) is 0 Å². The van der Waals surface area contributed by atoms with Crippen LogP contribution in [0.4, 0.5) is 0 Å². The molecule has 0 aliphatic carbocycles. The maximum absolute atomic E-state index is 4.78. The van der Waals surface area contributed by atoms with Gasteiger partial charge in [-0.15, -0.1) is 11.3 Å². The average Bonchev–Trinajstić information content (AvgIpc) is 2.66. The van der Waals surface area contributed by atoms with Gasteiger partial charge >= 0.3 is 0 Å². The fourth-order valence-corrected chi connectivity index (χ4v) is 3.05. The molecule has 0 atom stereocenters. The molecular formula is C14H27N3S. The molecule has 0 aliphatic rings. The van der Waals surface area contributed by atoms with Crippen LogP contribution in [0.15, 0.2) is 0 Å². The first-order chi connectivity index (χ1) is 8.67. The summed E-state index contributed by atoms with van der Waals surface area (Å²) in [4.78, 5) is 8.39. The van der Waals surface area contributed by atoms with Gasteiger partial charge in [0.1, 0.15) is 5.01 Å². The second kappa shape index (κ2) is 8.62. The molecule has 0 bridgehead atoms. The van der Waals surface area contributed by atoms with E-state index < -0.39 is 0 Å². The Morgan fingerprint density at radius 1 is 1.22 bits per heavy atom. The second-order valence-electron chi connectivity index (χ2n) is 5.00. The predicted octanol–water partition coefficient (Wildman–Crippen LogP) is 3.05. The number of hydrogen-bond donors (Lipinski definition) is 1. The van der Waals surface area contributed by atoms with E-state index in [4.69, 9.17) is 4.98 Å². The Labute approximate surface area is 116 Å². The summed E-state index contributed by atoms with van der Waals surface area (Å²) in [5.74, 6) is 0. The molecule has 4 heteroatoms. The molecule has 18 heavy (non-hydrogen) atoms. The third kappa shape index (κ3) is 5.46. The lowest BCUT2D eigenvalue weighted by molar-refractivity contribution is 0.401. The van der Waals surface area contributed by atoms with E-state index in [1.807, 2.05) is 11.3 Å². The molecule has 0 fully saturated rings. The highest BCUT2D eigenvalue weighted by atomic mass is 32.1. The standard InChI is InChI=1S/C14H27N3S/c1-5-7-9-15-10-13-12(8-6-2)16-14(18-13)11-17(3)4/h15H,5-11H2,1-4H3. The van der Waals surface area contributed by atoms with E-state index in [0.29, 0.717) is 0 Å². The summed E-state index contributed by atoms with van der Waals surface area (Å²) in [6.45, 7) is 7.51. The fourth-order valence-electron chi connectivity index (χ4n) is 1.85. The van der Waals surface area contributed by atoms with E-state index in [0.717, 1.165) is 26.1 Å². The molecule has 0 saturated heterocycles. The normalized spacial score (nSPS) is 11.4. The van der Waals surface area contributed by atoms with E-state index in [2.05, 4.69) is 38.2 Å². The van der Waals surface area contributed by atoms with E-state index in [1.165, 1.54) is 34.8 Å². The first-order valence-corrected chi connectivity index (χ1v) is 7.81. The summed E-state index contributed by atoms with van der Waals surface area (Å²) in [7, 11) is 4.19.